The van der Waals surface area contributed by atoms with Gasteiger partial charge in [-0.15, -0.1) is 0 Å². The second kappa shape index (κ2) is 5.50. The molecule has 128 valence electrons. The Hall–Kier alpha value is -2.04. The molecule has 1 saturated heterocycles. The van der Waals surface area contributed by atoms with E-state index in [0.29, 0.717) is 19.6 Å². The van der Waals surface area contributed by atoms with E-state index in [1.165, 1.54) is 16.7 Å². The molecule has 1 aliphatic carbocycles. The molecule has 2 heterocycles. The van der Waals surface area contributed by atoms with Gasteiger partial charge in [0.1, 0.15) is 5.75 Å². The van der Waals surface area contributed by atoms with E-state index < -0.39 is 0 Å². The zero-order chi connectivity index (χ0) is 16.9. The number of benzene rings is 1. The molecule has 2 fully saturated rings. The number of nitrogens with one attached hydrogen (secondary N) is 2. The van der Waals surface area contributed by atoms with Gasteiger partial charge in [-0.1, -0.05) is 6.07 Å². The van der Waals surface area contributed by atoms with Crippen LogP contribution in [0.4, 0.5) is 0 Å². The van der Waals surface area contributed by atoms with Crippen molar-refractivity contribution in [3.8, 4) is 5.75 Å². The maximum absolute atomic E-state index is 12.7. The first kappa shape index (κ1) is 15.5. The number of carbonyl (C=O) groups excluding carboxylic acids is 2. The van der Waals surface area contributed by atoms with Crippen molar-refractivity contribution in [2.24, 2.45) is 5.92 Å². The summed E-state index contributed by atoms with van der Waals surface area (Å²) in [5.74, 6) is 1.18. The van der Waals surface area contributed by atoms with Gasteiger partial charge in [0.25, 0.3) is 0 Å². The Labute approximate surface area is 142 Å². The fourth-order valence-electron chi connectivity index (χ4n) is 4.16. The van der Waals surface area contributed by atoms with Gasteiger partial charge in [0.15, 0.2) is 0 Å². The Balaban J connectivity index is 1.50. The Bertz CT molecular complexity index is 705. The molecule has 1 unspecified atom stereocenters. The van der Waals surface area contributed by atoms with Crippen molar-refractivity contribution in [2.45, 2.75) is 51.0 Å². The average molecular weight is 328 g/mol. The Morgan fingerprint density at radius 1 is 1.33 bits per heavy atom. The highest BCUT2D eigenvalue weighted by atomic mass is 16.5. The molecule has 1 aromatic rings. The van der Waals surface area contributed by atoms with E-state index in [-0.39, 0.29) is 29.2 Å². The number of ether oxygens (including phenoxy) is 1. The molecular formula is C19H24N2O3. The Morgan fingerprint density at radius 2 is 2.12 bits per heavy atom. The van der Waals surface area contributed by atoms with Crippen LogP contribution in [0.5, 0.6) is 5.75 Å². The first-order valence-electron chi connectivity index (χ1n) is 8.81. The summed E-state index contributed by atoms with van der Waals surface area (Å²) in [6.45, 7) is 5.43. The summed E-state index contributed by atoms with van der Waals surface area (Å²) in [7, 11) is 0. The highest BCUT2D eigenvalue weighted by molar-refractivity contribution is 5.85. The smallest absolute Gasteiger partial charge is 0.224 e. The number of hydrogen-bond donors (Lipinski definition) is 2. The zero-order valence-corrected chi connectivity index (χ0v) is 14.3. The number of rotatable bonds is 2. The van der Waals surface area contributed by atoms with Gasteiger partial charge in [-0.2, -0.15) is 0 Å². The van der Waals surface area contributed by atoms with Gasteiger partial charge < -0.3 is 15.4 Å². The molecule has 1 saturated carbocycles. The molecule has 0 aromatic heterocycles. The van der Waals surface area contributed by atoms with Crippen LogP contribution in [0.1, 0.15) is 42.4 Å². The van der Waals surface area contributed by atoms with Crippen LogP contribution in [-0.4, -0.2) is 31.0 Å². The summed E-state index contributed by atoms with van der Waals surface area (Å²) in [6, 6.07) is 4.37. The lowest BCUT2D eigenvalue weighted by atomic mass is 9.85. The van der Waals surface area contributed by atoms with Crippen LogP contribution in [0.2, 0.25) is 0 Å². The molecule has 3 atom stereocenters. The standard InChI is InChI=1S/C19H24N2O3/c1-11-7-14-16(8-12(11)2)24-6-5-19(14)9-15(19)18(23)21-13-3-4-17(22)20-10-13/h7-8,13,15H,3-6,9-10H2,1-2H3,(H,20,22)(H,21,23)/t13?,15-,19-/m0/s1. The van der Waals surface area contributed by atoms with Gasteiger partial charge in [-0.05, 0) is 50.3 Å². The highest BCUT2D eigenvalue weighted by Gasteiger charge is 2.61. The molecule has 1 spiro atoms. The van der Waals surface area contributed by atoms with Crippen LogP contribution in [0.15, 0.2) is 12.1 Å². The van der Waals surface area contributed by atoms with Crippen LogP contribution in [0, 0.1) is 19.8 Å². The van der Waals surface area contributed by atoms with Crippen molar-refractivity contribution in [1.82, 2.24) is 10.6 Å². The third-order valence-corrected chi connectivity index (χ3v) is 5.94. The largest absolute Gasteiger partial charge is 0.493 e. The van der Waals surface area contributed by atoms with Gasteiger partial charge in [-0.3, -0.25) is 9.59 Å². The molecule has 2 aliphatic heterocycles. The van der Waals surface area contributed by atoms with Gasteiger partial charge in [0.05, 0.1) is 6.61 Å². The van der Waals surface area contributed by atoms with Crippen molar-refractivity contribution < 1.29 is 14.3 Å². The lowest BCUT2D eigenvalue weighted by Gasteiger charge is -2.29. The molecule has 5 nitrogen and oxygen atoms in total. The third kappa shape index (κ3) is 2.46. The fourth-order valence-corrected chi connectivity index (χ4v) is 4.16. The number of carbonyl (C=O) groups is 2. The molecule has 0 bridgehead atoms. The van der Waals surface area contributed by atoms with E-state index in [0.717, 1.165) is 25.0 Å². The summed E-state index contributed by atoms with van der Waals surface area (Å²) < 4.78 is 5.85. The molecule has 2 N–H and O–H groups in total. The van der Waals surface area contributed by atoms with Crippen LogP contribution < -0.4 is 15.4 Å². The number of aryl methyl sites for hydroxylation is 2. The summed E-state index contributed by atoms with van der Waals surface area (Å²) in [6.07, 6.45) is 3.03. The fraction of sp³-hybridized carbons (Fsp3) is 0.579. The summed E-state index contributed by atoms with van der Waals surface area (Å²) in [5.41, 5.74) is 3.63. The molecule has 1 aromatic carbocycles. The van der Waals surface area contributed by atoms with Gasteiger partial charge in [-0.25, -0.2) is 0 Å². The topological polar surface area (TPSA) is 67.4 Å². The van der Waals surface area contributed by atoms with E-state index in [2.05, 4.69) is 36.6 Å². The van der Waals surface area contributed by atoms with Crippen LogP contribution in [-0.2, 0) is 15.0 Å². The minimum absolute atomic E-state index is 0.0277. The Morgan fingerprint density at radius 3 is 2.88 bits per heavy atom. The quantitative estimate of drug-likeness (QED) is 0.869. The first-order valence-corrected chi connectivity index (χ1v) is 8.81. The Kier molecular flexibility index (Phi) is 3.55. The lowest BCUT2D eigenvalue weighted by molar-refractivity contribution is -0.126. The van der Waals surface area contributed by atoms with Crippen molar-refractivity contribution >= 4 is 11.8 Å². The lowest BCUT2D eigenvalue weighted by Crippen LogP contribution is -2.48. The van der Waals surface area contributed by atoms with Crippen molar-refractivity contribution in [2.75, 3.05) is 13.2 Å². The monoisotopic (exact) mass is 328 g/mol. The molecule has 2 amide bonds. The number of hydrogen-bond acceptors (Lipinski definition) is 3. The summed E-state index contributed by atoms with van der Waals surface area (Å²) in [5, 5.41) is 5.96. The number of amides is 2. The first-order chi connectivity index (χ1) is 11.5. The van der Waals surface area contributed by atoms with Gasteiger partial charge in [0, 0.05) is 35.9 Å². The number of fused-ring (bicyclic) bond motifs is 2. The van der Waals surface area contributed by atoms with E-state index >= 15 is 0 Å². The molecule has 24 heavy (non-hydrogen) atoms. The third-order valence-electron chi connectivity index (χ3n) is 5.94. The highest BCUT2D eigenvalue weighted by Crippen LogP contribution is 2.61. The maximum Gasteiger partial charge on any atom is 0.224 e. The molecule has 4 rings (SSSR count). The molecule has 0 radical (unpaired) electrons. The molecule has 5 heteroatoms. The van der Waals surface area contributed by atoms with E-state index in [1.807, 2.05) is 0 Å². The zero-order valence-electron chi connectivity index (χ0n) is 14.3. The minimum atomic E-state index is -0.0476. The summed E-state index contributed by atoms with van der Waals surface area (Å²) in [4.78, 5) is 24.0. The predicted molar refractivity (Wildman–Crippen MR) is 90.0 cm³/mol. The second-order valence-corrected chi connectivity index (χ2v) is 7.49. The van der Waals surface area contributed by atoms with E-state index in [1.54, 1.807) is 0 Å². The van der Waals surface area contributed by atoms with Crippen LogP contribution in [0.3, 0.4) is 0 Å². The van der Waals surface area contributed by atoms with Crippen LogP contribution in [0.25, 0.3) is 0 Å². The van der Waals surface area contributed by atoms with Gasteiger partial charge >= 0.3 is 0 Å². The normalized spacial score (nSPS) is 31.0. The minimum Gasteiger partial charge on any atom is -0.493 e. The van der Waals surface area contributed by atoms with E-state index in [4.69, 9.17) is 4.74 Å². The van der Waals surface area contributed by atoms with Crippen molar-refractivity contribution in [3.05, 3.63) is 28.8 Å². The van der Waals surface area contributed by atoms with Crippen molar-refractivity contribution in [1.29, 1.82) is 0 Å². The molecule has 3 aliphatic rings. The van der Waals surface area contributed by atoms with E-state index in [9.17, 15) is 9.59 Å². The predicted octanol–water partition coefficient (Wildman–Crippen LogP) is 1.74. The average Bonchev–Trinajstić information content (AvgIpc) is 3.27. The van der Waals surface area contributed by atoms with Crippen molar-refractivity contribution in [3.63, 3.8) is 0 Å². The SMILES string of the molecule is Cc1cc2c(cc1C)[C@]1(CCO2)C[C@H]1C(=O)NC1CCC(=O)NC1. The number of piperidine rings is 1. The summed E-state index contributed by atoms with van der Waals surface area (Å²) >= 11 is 0. The maximum atomic E-state index is 12.7. The second-order valence-electron chi connectivity index (χ2n) is 7.49. The van der Waals surface area contributed by atoms with Crippen LogP contribution >= 0.6 is 0 Å². The molecular weight excluding hydrogens is 304 g/mol. The van der Waals surface area contributed by atoms with Gasteiger partial charge in [0.2, 0.25) is 11.8 Å².